The highest BCUT2D eigenvalue weighted by Gasteiger charge is 2.40. The molecular weight excluding hydrogens is 340 g/mol. The van der Waals surface area contributed by atoms with Crippen molar-refractivity contribution in [2.45, 2.75) is 30.8 Å². The molecule has 1 aromatic rings. The molecule has 0 aromatic heterocycles. The van der Waals surface area contributed by atoms with Crippen LogP contribution in [0.25, 0.3) is 0 Å². The molecule has 2 heterocycles. The van der Waals surface area contributed by atoms with Crippen LogP contribution in [0.15, 0.2) is 42.5 Å². The first kappa shape index (κ1) is 17.8. The van der Waals surface area contributed by atoms with Gasteiger partial charge in [0, 0.05) is 50.5 Å². The quantitative estimate of drug-likeness (QED) is 0.623. The van der Waals surface area contributed by atoms with Crippen molar-refractivity contribution in [1.82, 2.24) is 10.2 Å². The smallest absolute Gasteiger partial charge is 0.258 e. The number of rotatable bonds is 2. The third-order valence-electron chi connectivity index (χ3n) is 5.62. The largest absolute Gasteiger partial charge is 0.381 e. The number of hydrogen-bond donors (Lipinski definition) is 2. The van der Waals surface area contributed by atoms with E-state index in [2.05, 4.69) is 40.6 Å². The summed E-state index contributed by atoms with van der Waals surface area (Å²) >= 11 is 0. The molecule has 1 aromatic carbocycles. The highest BCUT2D eigenvalue weighted by atomic mass is 16.5. The van der Waals surface area contributed by atoms with E-state index >= 15 is 0 Å². The minimum atomic E-state index is -0.246. The predicted octanol–water partition coefficient (Wildman–Crippen LogP) is 2.49. The molecule has 1 amide bonds. The average Bonchev–Trinajstić information content (AvgIpc) is 3.02. The lowest BCUT2D eigenvalue weighted by Gasteiger charge is -2.38. The van der Waals surface area contributed by atoms with E-state index in [0.717, 1.165) is 31.7 Å². The number of nitrogens with one attached hydrogen (secondary N) is 2. The van der Waals surface area contributed by atoms with Gasteiger partial charge in [-0.25, -0.2) is 0 Å². The van der Waals surface area contributed by atoms with Gasteiger partial charge < -0.3 is 14.5 Å². The molecule has 1 saturated heterocycles. The molecule has 0 radical (unpaired) electrons. The molecule has 1 aliphatic carbocycles. The Bertz CT molecular complexity index is 808. The summed E-state index contributed by atoms with van der Waals surface area (Å²) in [5, 5.41) is 10.5. The maximum atomic E-state index is 12.6. The summed E-state index contributed by atoms with van der Waals surface area (Å²) in [5.41, 5.74) is 2.99. The number of allylic oxidation sites excluding steroid dienone is 2. The number of carbonyl (C=O) groups is 1. The molecule has 0 saturated carbocycles. The lowest BCUT2D eigenvalue weighted by Crippen LogP contribution is -2.44. The molecule has 6 nitrogen and oxygen atoms in total. The number of benzene rings is 1. The van der Waals surface area contributed by atoms with E-state index in [1.165, 1.54) is 5.56 Å². The van der Waals surface area contributed by atoms with E-state index in [0.29, 0.717) is 23.6 Å². The number of carbonyl (C=O) groups excluding carboxylic acids is 1. The third-order valence-corrected chi connectivity index (χ3v) is 5.62. The Morgan fingerprint density at radius 1 is 1.22 bits per heavy atom. The van der Waals surface area contributed by atoms with Crippen LogP contribution in [0, 0.1) is 5.41 Å². The molecule has 0 bridgehead atoms. The summed E-state index contributed by atoms with van der Waals surface area (Å²) in [7, 11) is 3.48. The van der Waals surface area contributed by atoms with Crippen molar-refractivity contribution >= 4 is 17.6 Å². The van der Waals surface area contributed by atoms with E-state index < -0.39 is 0 Å². The molecule has 27 heavy (non-hydrogen) atoms. The SMILES string of the molecule is CN(C)C(=N)NC(=O)c1ccc2c(c1)N(C1CCOCC1)C1C=CC=CC21. The van der Waals surface area contributed by atoms with Crippen LogP contribution in [0.2, 0.25) is 0 Å². The van der Waals surface area contributed by atoms with Gasteiger partial charge in [0.15, 0.2) is 5.96 Å². The maximum Gasteiger partial charge on any atom is 0.258 e. The van der Waals surface area contributed by atoms with Crippen LogP contribution in [-0.4, -0.2) is 56.2 Å². The van der Waals surface area contributed by atoms with E-state index in [-0.39, 0.29) is 11.9 Å². The summed E-state index contributed by atoms with van der Waals surface area (Å²) in [6, 6.07) is 6.65. The van der Waals surface area contributed by atoms with E-state index in [9.17, 15) is 4.79 Å². The third kappa shape index (κ3) is 3.25. The van der Waals surface area contributed by atoms with Crippen molar-refractivity contribution in [2.24, 2.45) is 0 Å². The van der Waals surface area contributed by atoms with Gasteiger partial charge in [-0.1, -0.05) is 30.4 Å². The fourth-order valence-corrected chi connectivity index (χ4v) is 4.19. The van der Waals surface area contributed by atoms with Gasteiger partial charge in [0.25, 0.3) is 5.91 Å². The Morgan fingerprint density at radius 3 is 2.70 bits per heavy atom. The van der Waals surface area contributed by atoms with Crippen LogP contribution in [0.4, 0.5) is 5.69 Å². The van der Waals surface area contributed by atoms with E-state index in [1.807, 2.05) is 12.1 Å². The number of fused-ring (bicyclic) bond motifs is 3. The van der Waals surface area contributed by atoms with Crippen molar-refractivity contribution in [3.05, 3.63) is 53.6 Å². The highest BCUT2D eigenvalue weighted by Crippen LogP contribution is 2.46. The Labute approximate surface area is 160 Å². The number of nitrogens with zero attached hydrogens (tertiary/aromatic N) is 2. The topological polar surface area (TPSA) is 68.7 Å². The van der Waals surface area contributed by atoms with Crippen molar-refractivity contribution in [1.29, 1.82) is 5.41 Å². The fourth-order valence-electron chi connectivity index (χ4n) is 4.19. The van der Waals surface area contributed by atoms with Gasteiger partial charge in [-0.15, -0.1) is 0 Å². The Hall–Kier alpha value is -2.60. The summed E-state index contributed by atoms with van der Waals surface area (Å²) in [6.45, 7) is 1.57. The van der Waals surface area contributed by atoms with Gasteiger partial charge in [-0.3, -0.25) is 15.5 Å². The van der Waals surface area contributed by atoms with E-state index in [1.54, 1.807) is 19.0 Å². The van der Waals surface area contributed by atoms with Gasteiger partial charge in [-0.2, -0.15) is 0 Å². The molecule has 0 spiro atoms. The van der Waals surface area contributed by atoms with Gasteiger partial charge in [0.1, 0.15) is 0 Å². The lowest BCUT2D eigenvalue weighted by molar-refractivity contribution is 0.0836. The number of guanidine groups is 1. The van der Waals surface area contributed by atoms with Crippen LogP contribution in [0.5, 0.6) is 0 Å². The molecule has 2 unspecified atom stereocenters. The van der Waals surface area contributed by atoms with Crippen LogP contribution >= 0.6 is 0 Å². The Morgan fingerprint density at radius 2 is 1.96 bits per heavy atom. The van der Waals surface area contributed by atoms with Crippen LogP contribution in [0.1, 0.15) is 34.7 Å². The zero-order valence-corrected chi connectivity index (χ0v) is 15.8. The van der Waals surface area contributed by atoms with Crippen LogP contribution < -0.4 is 10.2 Å². The van der Waals surface area contributed by atoms with Crippen LogP contribution in [-0.2, 0) is 4.74 Å². The number of anilines is 1. The first-order valence-electron chi connectivity index (χ1n) is 9.48. The van der Waals surface area contributed by atoms with E-state index in [4.69, 9.17) is 10.1 Å². The lowest BCUT2D eigenvalue weighted by atomic mass is 9.90. The van der Waals surface area contributed by atoms with Gasteiger partial charge in [-0.05, 0) is 30.5 Å². The minimum Gasteiger partial charge on any atom is -0.381 e. The summed E-state index contributed by atoms with van der Waals surface area (Å²) < 4.78 is 5.56. The Kier molecular flexibility index (Phi) is 4.74. The van der Waals surface area contributed by atoms with Gasteiger partial charge in [0.05, 0.1) is 6.04 Å². The predicted molar refractivity (Wildman–Crippen MR) is 106 cm³/mol. The number of ether oxygens (including phenoxy) is 1. The normalized spacial score (nSPS) is 23.7. The summed E-state index contributed by atoms with van der Waals surface area (Å²) in [5.74, 6) is 0.163. The first-order chi connectivity index (χ1) is 13.1. The Balaban J connectivity index is 1.67. The molecule has 6 heteroatoms. The molecule has 2 N–H and O–H groups in total. The average molecular weight is 366 g/mol. The standard InChI is InChI=1S/C21H26N4O2/c1-24(2)21(22)23-20(26)14-7-8-17-16-5-3-4-6-18(16)25(19(17)13-14)15-9-11-27-12-10-15/h3-8,13,15-16,18H,9-12H2,1-2H3,(H2,22,23,26). The second-order valence-electron chi connectivity index (χ2n) is 7.51. The van der Waals surface area contributed by atoms with Crippen molar-refractivity contribution in [3.63, 3.8) is 0 Å². The number of amides is 1. The molecule has 2 aliphatic heterocycles. The second kappa shape index (κ2) is 7.19. The van der Waals surface area contributed by atoms with Crippen molar-refractivity contribution in [2.75, 3.05) is 32.2 Å². The molecular formula is C21H26N4O2. The summed E-state index contributed by atoms with van der Waals surface area (Å²) in [4.78, 5) is 16.7. The number of hydrogen-bond acceptors (Lipinski definition) is 4. The molecule has 142 valence electrons. The van der Waals surface area contributed by atoms with Gasteiger partial charge >= 0.3 is 0 Å². The maximum absolute atomic E-state index is 12.6. The van der Waals surface area contributed by atoms with Crippen molar-refractivity contribution < 1.29 is 9.53 Å². The van der Waals surface area contributed by atoms with Crippen LogP contribution in [0.3, 0.4) is 0 Å². The molecule has 2 atom stereocenters. The fraction of sp³-hybridized carbons (Fsp3) is 0.429. The monoisotopic (exact) mass is 366 g/mol. The molecule has 1 fully saturated rings. The minimum absolute atomic E-state index is 0.0846. The first-order valence-corrected chi connectivity index (χ1v) is 9.48. The zero-order valence-electron chi connectivity index (χ0n) is 15.8. The zero-order chi connectivity index (χ0) is 19.0. The summed E-state index contributed by atoms with van der Waals surface area (Å²) in [6.07, 6.45) is 10.7. The van der Waals surface area contributed by atoms with Crippen molar-refractivity contribution in [3.8, 4) is 0 Å². The highest BCUT2D eigenvalue weighted by molar-refractivity contribution is 6.05. The molecule has 4 rings (SSSR count). The van der Waals surface area contributed by atoms with Gasteiger partial charge in [0.2, 0.25) is 0 Å². The molecule has 3 aliphatic rings. The second-order valence-corrected chi connectivity index (χ2v) is 7.51.